The number of amides is 2. The number of hydrogen-bond acceptors (Lipinski definition) is 5. The van der Waals surface area contributed by atoms with Crippen LogP contribution in [0, 0.1) is 0 Å². The van der Waals surface area contributed by atoms with E-state index in [2.05, 4.69) is 10.6 Å². The summed E-state index contributed by atoms with van der Waals surface area (Å²) in [6.45, 7) is -0.00998. The Bertz CT molecular complexity index is 935. The molecule has 1 heterocycles. The Morgan fingerprint density at radius 1 is 0.893 bits per heavy atom. The van der Waals surface area contributed by atoms with E-state index in [4.69, 9.17) is 9.15 Å². The summed E-state index contributed by atoms with van der Waals surface area (Å²) in [7, 11) is 0. The fourth-order valence-corrected chi connectivity index (χ4v) is 2.35. The van der Waals surface area contributed by atoms with Gasteiger partial charge < -0.3 is 19.8 Å². The maximum absolute atomic E-state index is 12.0. The van der Waals surface area contributed by atoms with Crippen molar-refractivity contribution >= 4 is 23.5 Å². The van der Waals surface area contributed by atoms with Crippen LogP contribution in [-0.2, 0) is 16.1 Å². The Labute approximate surface area is 161 Å². The van der Waals surface area contributed by atoms with E-state index >= 15 is 0 Å². The third-order valence-corrected chi connectivity index (χ3v) is 3.79. The van der Waals surface area contributed by atoms with Crippen LogP contribution >= 0.6 is 0 Å². The van der Waals surface area contributed by atoms with Gasteiger partial charge in [-0.3, -0.25) is 9.59 Å². The average Bonchev–Trinajstić information content (AvgIpc) is 3.27. The largest absolute Gasteiger partial charge is 0.459 e. The van der Waals surface area contributed by atoms with Crippen LogP contribution in [-0.4, -0.2) is 24.4 Å². The lowest BCUT2D eigenvalue weighted by molar-refractivity contribution is -0.124. The second-order valence-corrected chi connectivity index (χ2v) is 5.85. The molecule has 7 heteroatoms. The maximum atomic E-state index is 12.0. The van der Waals surface area contributed by atoms with E-state index in [1.165, 1.54) is 18.4 Å². The molecule has 0 bridgehead atoms. The number of carbonyl (C=O) groups is 3. The molecule has 0 saturated heterocycles. The molecule has 0 unspecified atom stereocenters. The fourth-order valence-electron chi connectivity index (χ4n) is 2.35. The number of nitrogens with one attached hydrogen (secondary N) is 2. The molecule has 0 aliphatic carbocycles. The van der Waals surface area contributed by atoms with Crippen LogP contribution in [0.15, 0.2) is 77.4 Å². The van der Waals surface area contributed by atoms with Gasteiger partial charge in [0.1, 0.15) is 0 Å². The van der Waals surface area contributed by atoms with Gasteiger partial charge in [0.15, 0.2) is 12.4 Å². The third kappa shape index (κ3) is 5.31. The van der Waals surface area contributed by atoms with E-state index in [1.54, 1.807) is 24.3 Å². The van der Waals surface area contributed by atoms with Gasteiger partial charge in [-0.1, -0.05) is 30.3 Å². The Morgan fingerprint density at radius 3 is 2.32 bits per heavy atom. The summed E-state index contributed by atoms with van der Waals surface area (Å²) in [5.74, 6) is -1.22. The van der Waals surface area contributed by atoms with Gasteiger partial charge in [-0.05, 0) is 42.0 Å². The van der Waals surface area contributed by atoms with Gasteiger partial charge in [0, 0.05) is 12.2 Å². The highest BCUT2D eigenvalue weighted by molar-refractivity contribution is 6.02. The van der Waals surface area contributed by atoms with Gasteiger partial charge >= 0.3 is 5.97 Å². The number of benzene rings is 2. The monoisotopic (exact) mass is 378 g/mol. The molecule has 0 atom stereocenters. The minimum atomic E-state index is -0.626. The quantitative estimate of drug-likeness (QED) is 0.616. The third-order valence-electron chi connectivity index (χ3n) is 3.79. The Balaban J connectivity index is 1.45. The van der Waals surface area contributed by atoms with Gasteiger partial charge in [0.2, 0.25) is 0 Å². The van der Waals surface area contributed by atoms with E-state index in [9.17, 15) is 14.4 Å². The van der Waals surface area contributed by atoms with Gasteiger partial charge in [-0.2, -0.15) is 0 Å². The first-order chi connectivity index (χ1) is 13.6. The molecule has 0 spiro atoms. The van der Waals surface area contributed by atoms with Crippen LogP contribution < -0.4 is 10.6 Å². The topological polar surface area (TPSA) is 97.6 Å². The molecule has 2 aromatic carbocycles. The number of esters is 1. The van der Waals surface area contributed by atoms with Crippen molar-refractivity contribution in [2.24, 2.45) is 0 Å². The molecule has 0 aliphatic rings. The standard InChI is InChI=1S/C21H18N2O5/c24-19(22-13-15-5-2-1-3-6-15)14-28-21(26)16-8-10-17(11-9-16)23-20(25)18-7-4-12-27-18/h1-12H,13-14H2,(H,22,24)(H,23,25). The Kier molecular flexibility index (Phi) is 6.20. The van der Waals surface area contributed by atoms with Crippen LogP contribution in [0.25, 0.3) is 0 Å². The molecule has 2 amide bonds. The number of rotatable bonds is 7. The van der Waals surface area contributed by atoms with Crippen molar-refractivity contribution in [3.63, 3.8) is 0 Å². The van der Waals surface area contributed by atoms with E-state index < -0.39 is 11.9 Å². The molecule has 2 N–H and O–H groups in total. The molecule has 0 aliphatic heterocycles. The normalized spacial score (nSPS) is 10.1. The highest BCUT2D eigenvalue weighted by Crippen LogP contribution is 2.12. The Hall–Kier alpha value is -3.87. The highest BCUT2D eigenvalue weighted by atomic mass is 16.5. The number of hydrogen-bond donors (Lipinski definition) is 2. The summed E-state index contributed by atoms with van der Waals surface area (Å²) in [6.07, 6.45) is 1.41. The maximum Gasteiger partial charge on any atom is 0.338 e. The van der Waals surface area contributed by atoms with Crippen molar-refractivity contribution in [3.05, 3.63) is 89.9 Å². The summed E-state index contributed by atoms with van der Waals surface area (Å²) >= 11 is 0. The SMILES string of the molecule is O=C(COC(=O)c1ccc(NC(=O)c2ccco2)cc1)NCc1ccccc1. The van der Waals surface area contributed by atoms with Crippen molar-refractivity contribution < 1.29 is 23.5 Å². The molecule has 0 radical (unpaired) electrons. The fraction of sp³-hybridized carbons (Fsp3) is 0.0952. The first-order valence-electron chi connectivity index (χ1n) is 8.54. The minimum Gasteiger partial charge on any atom is -0.459 e. The van der Waals surface area contributed by atoms with Crippen molar-refractivity contribution in [1.82, 2.24) is 5.32 Å². The van der Waals surface area contributed by atoms with Crippen molar-refractivity contribution in [2.45, 2.75) is 6.54 Å². The Morgan fingerprint density at radius 2 is 1.64 bits per heavy atom. The zero-order valence-corrected chi connectivity index (χ0v) is 14.9. The van der Waals surface area contributed by atoms with Crippen LogP contribution in [0.3, 0.4) is 0 Å². The zero-order chi connectivity index (χ0) is 19.8. The van der Waals surface area contributed by atoms with E-state index in [-0.39, 0.29) is 23.8 Å². The predicted molar refractivity (Wildman–Crippen MR) is 102 cm³/mol. The number of furan rings is 1. The molecule has 1 aromatic heterocycles. The highest BCUT2D eigenvalue weighted by Gasteiger charge is 2.12. The second-order valence-electron chi connectivity index (χ2n) is 5.85. The number of anilines is 1. The van der Waals surface area contributed by atoms with Gasteiger partial charge in [-0.15, -0.1) is 0 Å². The van der Waals surface area contributed by atoms with Crippen LogP contribution in [0.5, 0.6) is 0 Å². The summed E-state index contributed by atoms with van der Waals surface area (Å²) < 4.78 is 10.0. The average molecular weight is 378 g/mol. The van der Waals surface area contributed by atoms with Crippen molar-refractivity contribution in [1.29, 1.82) is 0 Å². The second kappa shape index (κ2) is 9.18. The summed E-state index contributed by atoms with van der Waals surface area (Å²) in [6, 6.07) is 18.7. The first-order valence-corrected chi connectivity index (χ1v) is 8.54. The minimum absolute atomic E-state index is 0.185. The molecule has 3 rings (SSSR count). The van der Waals surface area contributed by atoms with Crippen molar-refractivity contribution in [2.75, 3.05) is 11.9 Å². The summed E-state index contributed by atoms with van der Waals surface area (Å²) in [4.78, 5) is 35.7. The molecule has 142 valence electrons. The summed E-state index contributed by atoms with van der Waals surface area (Å²) in [5, 5.41) is 5.32. The summed E-state index contributed by atoms with van der Waals surface area (Å²) in [5.41, 5.74) is 1.72. The zero-order valence-electron chi connectivity index (χ0n) is 14.9. The lowest BCUT2D eigenvalue weighted by Crippen LogP contribution is -2.28. The van der Waals surface area contributed by atoms with Crippen LogP contribution in [0.2, 0.25) is 0 Å². The molecule has 0 saturated carbocycles. The molecular formula is C21H18N2O5. The lowest BCUT2D eigenvalue weighted by Gasteiger charge is -2.08. The number of ether oxygens (including phenoxy) is 1. The van der Waals surface area contributed by atoms with Gasteiger partial charge in [0.25, 0.3) is 11.8 Å². The smallest absolute Gasteiger partial charge is 0.338 e. The van der Waals surface area contributed by atoms with Gasteiger partial charge in [-0.25, -0.2) is 4.79 Å². The predicted octanol–water partition coefficient (Wildman–Crippen LogP) is 3.01. The molecule has 28 heavy (non-hydrogen) atoms. The number of carbonyl (C=O) groups excluding carboxylic acids is 3. The van der Waals surface area contributed by atoms with E-state index in [0.29, 0.717) is 12.2 Å². The van der Waals surface area contributed by atoms with Crippen LogP contribution in [0.4, 0.5) is 5.69 Å². The molecule has 3 aromatic rings. The van der Waals surface area contributed by atoms with E-state index in [0.717, 1.165) is 5.56 Å². The van der Waals surface area contributed by atoms with Crippen molar-refractivity contribution in [3.8, 4) is 0 Å². The molecule has 7 nitrogen and oxygen atoms in total. The first kappa shape index (κ1) is 18.9. The molecular weight excluding hydrogens is 360 g/mol. The lowest BCUT2D eigenvalue weighted by atomic mass is 10.2. The molecule has 0 fully saturated rings. The van der Waals surface area contributed by atoms with Crippen LogP contribution in [0.1, 0.15) is 26.5 Å². The van der Waals surface area contributed by atoms with Gasteiger partial charge in [0.05, 0.1) is 11.8 Å². The van der Waals surface area contributed by atoms with E-state index in [1.807, 2.05) is 30.3 Å².